The van der Waals surface area contributed by atoms with Gasteiger partial charge < -0.3 is 20.3 Å². The van der Waals surface area contributed by atoms with E-state index in [-0.39, 0.29) is 22.9 Å². The third-order valence-corrected chi connectivity index (χ3v) is 4.60. The van der Waals surface area contributed by atoms with Gasteiger partial charge in [-0.2, -0.15) is 0 Å². The lowest BCUT2D eigenvalue weighted by atomic mass is 10.1. The van der Waals surface area contributed by atoms with Crippen LogP contribution < -0.4 is 5.73 Å². The van der Waals surface area contributed by atoms with E-state index in [2.05, 4.69) is 9.89 Å². The summed E-state index contributed by atoms with van der Waals surface area (Å²) < 4.78 is 5.69. The van der Waals surface area contributed by atoms with Gasteiger partial charge in [0, 0.05) is 39.7 Å². The molecule has 0 aromatic heterocycles. The number of carbonyl (C=O) groups is 1. The highest BCUT2D eigenvalue weighted by Crippen LogP contribution is 2.24. The number of amides is 1. The van der Waals surface area contributed by atoms with E-state index in [1.54, 1.807) is 6.92 Å². The van der Waals surface area contributed by atoms with Crippen LogP contribution in [-0.2, 0) is 9.53 Å². The predicted octanol–water partition coefficient (Wildman–Crippen LogP) is 1.64. The van der Waals surface area contributed by atoms with Crippen LogP contribution in [-0.4, -0.2) is 67.6 Å². The van der Waals surface area contributed by atoms with E-state index < -0.39 is 0 Å². The van der Waals surface area contributed by atoms with Gasteiger partial charge in [0.2, 0.25) is 5.91 Å². The van der Waals surface area contributed by atoms with Gasteiger partial charge in [0.15, 0.2) is 5.96 Å². The maximum absolute atomic E-state index is 11.4. The molecule has 0 unspecified atom stereocenters. The molecule has 1 heterocycles. The van der Waals surface area contributed by atoms with Crippen molar-refractivity contribution in [3.8, 4) is 0 Å². The topological polar surface area (TPSA) is 71.2 Å². The summed E-state index contributed by atoms with van der Waals surface area (Å²) in [6.45, 7) is 6.91. The Balaban J connectivity index is 0.00000264. The van der Waals surface area contributed by atoms with Gasteiger partial charge in [-0.15, -0.1) is 17.0 Å². The molecule has 134 valence electrons. The quantitative estimate of drug-likeness (QED) is 0.440. The Kier molecular flexibility index (Phi) is 9.55. The van der Waals surface area contributed by atoms with Crippen LogP contribution >= 0.6 is 17.0 Å². The summed E-state index contributed by atoms with van der Waals surface area (Å²) in [6, 6.07) is 0. The Labute approximate surface area is 150 Å². The number of aliphatic imine (C=N–C) groups is 1. The first-order valence-corrected chi connectivity index (χ1v) is 8.55. The standard InChI is InChI=1S/C16H30N4O2.BrH/c1-14(21)19-8-4-9-20(11-10-19)16(17)18-7-12-22-13-15-5-2-3-6-15;/h15H,2-13H2,1H3,(H2,17,18);1H. The minimum atomic E-state index is 0. The normalized spacial score (nSPS) is 20.3. The zero-order chi connectivity index (χ0) is 15.8. The minimum absolute atomic E-state index is 0. The molecular formula is C16H31BrN4O2. The van der Waals surface area contributed by atoms with Gasteiger partial charge in [0.05, 0.1) is 13.2 Å². The second-order valence-corrected chi connectivity index (χ2v) is 6.31. The molecule has 0 aromatic rings. The lowest BCUT2D eigenvalue weighted by molar-refractivity contribution is -0.128. The number of rotatable bonds is 5. The number of nitrogens with zero attached hydrogens (tertiary/aromatic N) is 3. The fraction of sp³-hybridized carbons (Fsp3) is 0.875. The van der Waals surface area contributed by atoms with Crippen molar-refractivity contribution in [1.82, 2.24) is 9.80 Å². The molecule has 1 saturated heterocycles. The Morgan fingerprint density at radius 1 is 1.13 bits per heavy atom. The first kappa shape index (κ1) is 20.2. The summed E-state index contributed by atoms with van der Waals surface area (Å²) in [6.07, 6.45) is 6.27. The molecule has 23 heavy (non-hydrogen) atoms. The third kappa shape index (κ3) is 7.08. The number of halogens is 1. The van der Waals surface area contributed by atoms with Crippen molar-refractivity contribution in [2.75, 3.05) is 45.9 Å². The molecule has 7 heteroatoms. The number of carbonyl (C=O) groups excluding carboxylic acids is 1. The van der Waals surface area contributed by atoms with Crippen molar-refractivity contribution in [3.63, 3.8) is 0 Å². The highest BCUT2D eigenvalue weighted by molar-refractivity contribution is 8.93. The van der Waals surface area contributed by atoms with Gasteiger partial charge in [-0.05, 0) is 25.2 Å². The number of ether oxygens (including phenoxy) is 1. The van der Waals surface area contributed by atoms with Crippen LogP contribution in [0.2, 0.25) is 0 Å². The van der Waals surface area contributed by atoms with Crippen LogP contribution in [0.1, 0.15) is 39.0 Å². The Bertz CT molecular complexity index is 386. The van der Waals surface area contributed by atoms with E-state index in [0.717, 1.165) is 45.1 Å². The summed E-state index contributed by atoms with van der Waals surface area (Å²) in [5.74, 6) is 1.47. The molecule has 2 N–H and O–H groups in total. The van der Waals surface area contributed by atoms with Crippen LogP contribution in [0.3, 0.4) is 0 Å². The lowest BCUT2D eigenvalue weighted by Gasteiger charge is -2.22. The fourth-order valence-electron chi connectivity index (χ4n) is 3.21. The molecule has 2 rings (SSSR count). The summed E-state index contributed by atoms with van der Waals surface area (Å²) in [5.41, 5.74) is 6.06. The average molecular weight is 391 g/mol. The number of nitrogens with two attached hydrogens (primary N) is 1. The maximum Gasteiger partial charge on any atom is 0.219 e. The molecule has 0 radical (unpaired) electrons. The number of guanidine groups is 1. The minimum Gasteiger partial charge on any atom is -0.379 e. The van der Waals surface area contributed by atoms with Gasteiger partial charge in [0.1, 0.15) is 0 Å². The lowest BCUT2D eigenvalue weighted by Crippen LogP contribution is -2.40. The average Bonchev–Trinajstić information content (AvgIpc) is 2.88. The second kappa shape index (κ2) is 10.9. The second-order valence-electron chi connectivity index (χ2n) is 6.31. The summed E-state index contributed by atoms with van der Waals surface area (Å²) in [4.78, 5) is 19.8. The van der Waals surface area contributed by atoms with Crippen LogP contribution in [0.5, 0.6) is 0 Å². The zero-order valence-electron chi connectivity index (χ0n) is 14.2. The SMILES string of the molecule is Br.CC(=O)N1CCCN(C(N)=NCCOCC2CCCC2)CC1. The highest BCUT2D eigenvalue weighted by Gasteiger charge is 2.17. The highest BCUT2D eigenvalue weighted by atomic mass is 79.9. The number of hydrogen-bond acceptors (Lipinski definition) is 3. The van der Waals surface area contributed by atoms with Gasteiger partial charge in [-0.1, -0.05) is 12.8 Å². The molecule has 0 bridgehead atoms. The van der Waals surface area contributed by atoms with Crippen molar-refractivity contribution >= 4 is 28.8 Å². The monoisotopic (exact) mass is 390 g/mol. The zero-order valence-corrected chi connectivity index (χ0v) is 15.9. The molecule has 2 aliphatic rings. The van der Waals surface area contributed by atoms with E-state index in [0.29, 0.717) is 19.1 Å². The van der Waals surface area contributed by atoms with E-state index in [1.807, 2.05) is 4.90 Å². The largest absolute Gasteiger partial charge is 0.379 e. The van der Waals surface area contributed by atoms with Crippen molar-refractivity contribution in [3.05, 3.63) is 0 Å². The van der Waals surface area contributed by atoms with Crippen molar-refractivity contribution in [2.24, 2.45) is 16.6 Å². The van der Waals surface area contributed by atoms with Gasteiger partial charge in [-0.25, -0.2) is 0 Å². The van der Waals surface area contributed by atoms with Crippen LogP contribution in [0, 0.1) is 5.92 Å². The molecule has 1 amide bonds. The fourth-order valence-corrected chi connectivity index (χ4v) is 3.21. The Morgan fingerprint density at radius 3 is 2.48 bits per heavy atom. The Hall–Kier alpha value is -0.820. The van der Waals surface area contributed by atoms with Crippen LogP contribution in [0.4, 0.5) is 0 Å². The third-order valence-electron chi connectivity index (χ3n) is 4.60. The van der Waals surface area contributed by atoms with Gasteiger partial charge in [-0.3, -0.25) is 9.79 Å². The van der Waals surface area contributed by atoms with Crippen molar-refractivity contribution in [1.29, 1.82) is 0 Å². The molecule has 0 aromatic carbocycles. The molecule has 1 aliphatic heterocycles. The van der Waals surface area contributed by atoms with E-state index >= 15 is 0 Å². The number of hydrogen-bond donors (Lipinski definition) is 1. The Morgan fingerprint density at radius 2 is 1.78 bits per heavy atom. The molecular weight excluding hydrogens is 360 g/mol. The summed E-state index contributed by atoms with van der Waals surface area (Å²) in [5, 5.41) is 0. The molecule has 2 fully saturated rings. The molecule has 0 atom stereocenters. The van der Waals surface area contributed by atoms with Crippen LogP contribution in [0.15, 0.2) is 4.99 Å². The first-order valence-electron chi connectivity index (χ1n) is 8.55. The summed E-state index contributed by atoms with van der Waals surface area (Å²) >= 11 is 0. The van der Waals surface area contributed by atoms with Crippen molar-refractivity contribution < 1.29 is 9.53 Å². The van der Waals surface area contributed by atoms with Gasteiger partial charge in [0.25, 0.3) is 0 Å². The first-order chi connectivity index (χ1) is 10.7. The van der Waals surface area contributed by atoms with Gasteiger partial charge >= 0.3 is 0 Å². The molecule has 1 aliphatic carbocycles. The van der Waals surface area contributed by atoms with E-state index in [4.69, 9.17) is 10.5 Å². The molecule has 6 nitrogen and oxygen atoms in total. The van der Waals surface area contributed by atoms with Crippen molar-refractivity contribution in [2.45, 2.75) is 39.0 Å². The smallest absolute Gasteiger partial charge is 0.219 e. The maximum atomic E-state index is 11.4. The van der Waals surface area contributed by atoms with E-state index in [1.165, 1.54) is 25.7 Å². The summed E-state index contributed by atoms with van der Waals surface area (Å²) in [7, 11) is 0. The van der Waals surface area contributed by atoms with E-state index in [9.17, 15) is 4.79 Å². The predicted molar refractivity (Wildman–Crippen MR) is 98.0 cm³/mol. The van der Waals surface area contributed by atoms with Crippen LogP contribution in [0.25, 0.3) is 0 Å². The molecule has 1 saturated carbocycles. The molecule has 0 spiro atoms.